The molecule has 1 rings (SSSR count). The molecule has 0 saturated heterocycles. The molecule has 0 aliphatic carbocycles. The number of nitrogens with two attached hydrogens (primary N) is 3. The monoisotopic (exact) mass is 353 g/mol. The minimum absolute atomic E-state index is 0.277. The fourth-order valence-corrected chi connectivity index (χ4v) is 1.83. The van der Waals surface area contributed by atoms with Gasteiger partial charge in [-0.3, -0.25) is 14.4 Å². The van der Waals surface area contributed by atoms with Crippen molar-refractivity contribution in [2.75, 3.05) is 6.61 Å². The van der Waals surface area contributed by atoms with Crippen molar-refractivity contribution in [1.82, 2.24) is 0 Å². The number of rotatable bonds is 9. The average Bonchev–Trinajstić information content (AvgIpc) is 2.59. The van der Waals surface area contributed by atoms with E-state index in [1.165, 1.54) is 6.92 Å². The second-order valence-corrected chi connectivity index (χ2v) is 5.54. The lowest BCUT2D eigenvalue weighted by Crippen LogP contribution is -2.47. The van der Waals surface area contributed by atoms with Gasteiger partial charge in [-0.05, 0) is 18.9 Å². The first-order chi connectivity index (χ1) is 11.7. The number of benzene rings is 1. The second kappa shape index (κ2) is 9.72. The lowest BCUT2D eigenvalue weighted by atomic mass is 10.1. The highest BCUT2D eigenvalue weighted by atomic mass is 16.6. The van der Waals surface area contributed by atoms with Gasteiger partial charge in [-0.15, -0.1) is 0 Å². The number of carboxylic acid groups (broad SMARTS) is 1. The van der Waals surface area contributed by atoms with Gasteiger partial charge < -0.3 is 31.8 Å². The molecule has 0 spiro atoms. The summed E-state index contributed by atoms with van der Waals surface area (Å²) in [4.78, 5) is 34.3. The van der Waals surface area contributed by atoms with E-state index in [0.29, 0.717) is 0 Å². The summed E-state index contributed by atoms with van der Waals surface area (Å²) in [5.41, 5.74) is 17.5. The third-order valence-electron chi connectivity index (χ3n) is 3.40. The van der Waals surface area contributed by atoms with E-state index in [2.05, 4.69) is 0 Å². The van der Waals surface area contributed by atoms with Crippen LogP contribution in [-0.4, -0.2) is 53.9 Å². The first kappa shape index (κ1) is 20.6. The van der Waals surface area contributed by atoms with Crippen LogP contribution in [0.4, 0.5) is 0 Å². The Bertz CT molecular complexity index is 595. The third kappa shape index (κ3) is 6.87. The number of carboxylic acids is 1. The summed E-state index contributed by atoms with van der Waals surface area (Å²) in [6.45, 7) is 0.881. The van der Waals surface area contributed by atoms with Crippen LogP contribution in [0, 0.1) is 0 Å². The van der Waals surface area contributed by atoms with E-state index >= 15 is 0 Å². The SMILES string of the molecule is C[C@@H](OC(=O)[C@@H](N)Cc1ccccc1)[C@H](N)C(=O)OC[C@H](N)C(=O)O. The van der Waals surface area contributed by atoms with Crippen molar-refractivity contribution in [3.8, 4) is 0 Å². The zero-order valence-corrected chi connectivity index (χ0v) is 13.8. The van der Waals surface area contributed by atoms with Crippen LogP contribution in [0.1, 0.15) is 12.5 Å². The minimum atomic E-state index is -1.35. The summed E-state index contributed by atoms with van der Waals surface area (Å²) in [6, 6.07) is 5.59. The molecular formula is C16H23N3O6. The van der Waals surface area contributed by atoms with E-state index in [1.807, 2.05) is 30.3 Å². The van der Waals surface area contributed by atoms with Crippen molar-refractivity contribution >= 4 is 17.9 Å². The van der Waals surface area contributed by atoms with Gasteiger partial charge in [-0.2, -0.15) is 0 Å². The molecule has 7 N–H and O–H groups in total. The zero-order valence-electron chi connectivity index (χ0n) is 13.8. The quantitative estimate of drug-likeness (QED) is 0.397. The maximum Gasteiger partial charge on any atom is 0.326 e. The third-order valence-corrected chi connectivity index (χ3v) is 3.40. The van der Waals surface area contributed by atoms with Gasteiger partial charge in [-0.1, -0.05) is 30.3 Å². The van der Waals surface area contributed by atoms with Crippen LogP contribution < -0.4 is 17.2 Å². The van der Waals surface area contributed by atoms with Crippen LogP contribution in [0.25, 0.3) is 0 Å². The molecule has 9 heteroatoms. The molecule has 0 amide bonds. The molecule has 0 aromatic heterocycles. The number of carbonyl (C=O) groups is 3. The van der Waals surface area contributed by atoms with Gasteiger partial charge in [0.15, 0.2) is 0 Å². The van der Waals surface area contributed by atoms with E-state index in [4.69, 9.17) is 31.8 Å². The van der Waals surface area contributed by atoms with Crippen LogP contribution in [0.2, 0.25) is 0 Å². The standard InChI is InChI=1S/C16H23N3O6/c1-9(13(19)16(23)24-8-12(18)14(20)21)25-15(22)11(17)7-10-5-3-2-4-6-10/h2-6,9,11-13H,7-8,17-19H2,1H3,(H,20,21)/t9-,11+,12+,13+/m1/s1. The zero-order chi connectivity index (χ0) is 19.0. The van der Waals surface area contributed by atoms with E-state index in [9.17, 15) is 14.4 Å². The predicted molar refractivity (Wildman–Crippen MR) is 88.2 cm³/mol. The number of hydrogen-bond donors (Lipinski definition) is 4. The molecule has 1 aromatic carbocycles. The van der Waals surface area contributed by atoms with Gasteiger partial charge >= 0.3 is 17.9 Å². The normalized spacial score (nSPS) is 15.5. The smallest absolute Gasteiger partial charge is 0.326 e. The molecule has 25 heavy (non-hydrogen) atoms. The molecule has 1 aromatic rings. The van der Waals surface area contributed by atoms with Crippen LogP contribution in [0.15, 0.2) is 30.3 Å². The van der Waals surface area contributed by atoms with E-state index in [0.717, 1.165) is 5.56 Å². The van der Waals surface area contributed by atoms with Crippen molar-refractivity contribution in [2.24, 2.45) is 17.2 Å². The summed E-state index contributed by atoms with van der Waals surface area (Å²) < 4.78 is 9.78. The van der Waals surface area contributed by atoms with E-state index in [-0.39, 0.29) is 6.42 Å². The molecule has 9 nitrogen and oxygen atoms in total. The summed E-state index contributed by atoms with van der Waals surface area (Å²) in [6.07, 6.45) is -0.720. The molecule has 0 aliphatic heterocycles. The number of aliphatic carboxylic acids is 1. The Morgan fingerprint density at radius 3 is 2.20 bits per heavy atom. The Balaban J connectivity index is 2.47. The molecule has 0 bridgehead atoms. The largest absolute Gasteiger partial charge is 0.480 e. The molecule has 0 heterocycles. The number of hydrogen-bond acceptors (Lipinski definition) is 8. The van der Waals surface area contributed by atoms with E-state index in [1.54, 1.807) is 0 Å². The summed E-state index contributed by atoms with van der Waals surface area (Å²) >= 11 is 0. The highest BCUT2D eigenvalue weighted by Crippen LogP contribution is 2.06. The Morgan fingerprint density at radius 1 is 1.04 bits per heavy atom. The minimum Gasteiger partial charge on any atom is -0.480 e. The number of carbonyl (C=O) groups excluding carboxylic acids is 2. The fourth-order valence-electron chi connectivity index (χ4n) is 1.83. The van der Waals surface area contributed by atoms with Crippen LogP contribution >= 0.6 is 0 Å². The molecule has 0 unspecified atom stereocenters. The highest BCUT2D eigenvalue weighted by Gasteiger charge is 2.28. The Labute approximate surface area is 145 Å². The highest BCUT2D eigenvalue weighted by molar-refractivity contribution is 5.79. The molecule has 0 radical (unpaired) electrons. The van der Waals surface area contributed by atoms with Gasteiger partial charge in [0.2, 0.25) is 0 Å². The van der Waals surface area contributed by atoms with Crippen molar-refractivity contribution in [3.63, 3.8) is 0 Å². The van der Waals surface area contributed by atoms with Crippen LogP contribution in [-0.2, 0) is 30.3 Å². The number of esters is 2. The van der Waals surface area contributed by atoms with Crippen molar-refractivity contribution in [1.29, 1.82) is 0 Å². The van der Waals surface area contributed by atoms with Crippen molar-refractivity contribution < 1.29 is 29.0 Å². The maximum atomic E-state index is 12.0. The maximum absolute atomic E-state index is 12.0. The predicted octanol–water partition coefficient (Wildman–Crippen LogP) is -1.23. The lowest BCUT2D eigenvalue weighted by Gasteiger charge is -2.21. The van der Waals surface area contributed by atoms with Gasteiger partial charge in [0.1, 0.15) is 30.8 Å². The second-order valence-electron chi connectivity index (χ2n) is 5.54. The Morgan fingerprint density at radius 2 is 1.64 bits per heavy atom. The van der Waals surface area contributed by atoms with Gasteiger partial charge in [0.25, 0.3) is 0 Å². The van der Waals surface area contributed by atoms with Crippen molar-refractivity contribution in [2.45, 2.75) is 37.6 Å². The first-order valence-corrected chi connectivity index (χ1v) is 7.63. The number of ether oxygens (including phenoxy) is 2. The topological polar surface area (TPSA) is 168 Å². The van der Waals surface area contributed by atoms with Crippen molar-refractivity contribution in [3.05, 3.63) is 35.9 Å². The first-order valence-electron chi connectivity index (χ1n) is 7.63. The summed E-state index contributed by atoms with van der Waals surface area (Å²) in [5, 5.41) is 8.61. The molecular weight excluding hydrogens is 330 g/mol. The van der Waals surface area contributed by atoms with Gasteiger partial charge in [0.05, 0.1) is 0 Å². The molecule has 0 aliphatic rings. The molecule has 0 saturated carbocycles. The molecule has 138 valence electrons. The Hall–Kier alpha value is -2.49. The lowest BCUT2D eigenvalue weighted by molar-refractivity contribution is -0.157. The fraction of sp³-hybridized carbons (Fsp3) is 0.438. The average molecular weight is 353 g/mol. The molecule has 4 atom stereocenters. The summed E-state index contributed by atoms with van der Waals surface area (Å²) in [7, 11) is 0. The van der Waals surface area contributed by atoms with Gasteiger partial charge in [0, 0.05) is 0 Å². The van der Waals surface area contributed by atoms with Crippen LogP contribution in [0.3, 0.4) is 0 Å². The Kier molecular flexibility index (Phi) is 7.99. The van der Waals surface area contributed by atoms with Crippen LogP contribution in [0.5, 0.6) is 0 Å². The summed E-state index contributed by atoms with van der Waals surface area (Å²) in [5.74, 6) is -2.94. The van der Waals surface area contributed by atoms with E-state index < -0.39 is 48.7 Å². The van der Waals surface area contributed by atoms with Gasteiger partial charge in [-0.25, -0.2) is 0 Å². The molecule has 0 fully saturated rings.